The molecule has 1 nitrogen and oxygen atoms in total. The number of aliphatic hydroxyl groups is 1. The monoisotopic (exact) mass is 250 g/mol. The fourth-order valence-electron chi connectivity index (χ4n) is 1.34. The molecule has 0 aliphatic carbocycles. The van der Waals surface area contributed by atoms with Crippen molar-refractivity contribution in [2.45, 2.75) is 16.4 Å². The van der Waals surface area contributed by atoms with E-state index in [1.165, 1.54) is 4.90 Å². The first kappa shape index (κ1) is 11.5. The molecule has 0 atom stereocenters. The highest BCUT2D eigenvalue weighted by Crippen LogP contribution is 2.30. The fraction of sp³-hybridized carbons (Fsp3) is 0.0769. The summed E-state index contributed by atoms with van der Waals surface area (Å²) in [5.41, 5.74) is 0.763. The largest absolute Gasteiger partial charge is 0.392 e. The molecule has 0 fully saturated rings. The van der Waals surface area contributed by atoms with Gasteiger partial charge in [0, 0.05) is 14.8 Å². The lowest BCUT2D eigenvalue weighted by Gasteiger charge is -2.04. The first-order chi connectivity index (χ1) is 7.79. The number of aliphatic hydroxyl groups excluding tert-OH is 1. The maximum atomic E-state index is 9.01. The van der Waals surface area contributed by atoms with Gasteiger partial charge in [-0.2, -0.15) is 0 Å². The van der Waals surface area contributed by atoms with Crippen LogP contribution in [0.5, 0.6) is 0 Å². The van der Waals surface area contributed by atoms with Gasteiger partial charge in [-0.3, -0.25) is 0 Å². The number of hydrogen-bond donors (Lipinski definition) is 1. The molecule has 2 aromatic carbocycles. The smallest absolute Gasteiger partial charge is 0.0696 e. The summed E-state index contributed by atoms with van der Waals surface area (Å²) in [6.45, 7) is -0.0187. The fourth-order valence-corrected chi connectivity index (χ4v) is 2.53. The Morgan fingerprint density at radius 1 is 1.00 bits per heavy atom. The Morgan fingerprint density at radius 2 is 1.75 bits per heavy atom. The van der Waals surface area contributed by atoms with Crippen molar-refractivity contribution in [3.8, 4) is 0 Å². The van der Waals surface area contributed by atoms with Gasteiger partial charge in [0.25, 0.3) is 0 Å². The predicted molar refractivity (Wildman–Crippen MR) is 67.9 cm³/mol. The normalized spacial score (nSPS) is 10.4. The summed E-state index contributed by atoms with van der Waals surface area (Å²) in [6, 6.07) is 15.8. The van der Waals surface area contributed by atoms with Crippen LogP contribution in [-0.2, 0) is 6.61 Å². The van der Waals surface area contributed by atoms with Gasteiger partial charge in [-0.15, -0.1) is 0 Å². The molecule has 82 valence electrons. The van der Waals surface area contributed by atoms with Gasteiger partial charge in [0.2, 0.25) is 0 Å². The van der Waals surface area contributed by atoms with Crippen LogP contribution < -0.4 is 0 Å². The van der Waals surface area contributed by atoms with E-state index in [1.54, 1.807) is 11.8 Å². The average molecular weight is 251 g/mol. The molecule has 0 amide bonds. The molecule has 0 saturated heterocycles. The Morgan fingerprint density at radius 3 is 2.38 bits per heavy atom. The topological polar surface area (TPSA) is 20.2 Å². The van der Waals surface area contributed by atoms with Gasteiger partial charge in [0.15, 0.2) is 0 Å². The lowest BCUT2D eigenvalue weighted by Crippen LogP contribution is -1.84. The molecule has 2 rings (SSSR count). The van der Waals surface area contributed by atoms with E-state index in [4.69, 9.17) is 16.7 Å². The van der Waals surface area contributed by atoms with Gasteiger partial charge in [-0.05, 0) is 29.8 Å². The minimum Gasteiger partial charge on any atom is -0.392 e. The van der Waals surface area contributed by atoms with Crippen LogP contribution in [0.15, 0.2) is 58.3 Å². The third-order valence-corrected chi connectivity index (χ3v) is 3.52. The second-order valence-corrected chi connectivity index (χ2v) is 4.88. The second kappa shape index (κ2) is 5.39. The van der Waals surface area contributed by atoms with E-state index >= 15 is 0 Å². The van der Waals surface area contributed by atoms with Crippen LogP contribution in [0.3, 0.4) is 0 Å². The van der Waals surface area contributed by atoms with Crippen LogP contribution in [0.25, 0.3) is 0 Å². The number of halogens is 1. The zero-order valence-electron chi connectivity index (χ0n) is 8.56. The first-order valence-corrected chi connectivity index (χ1v) is 6.11. The van der Waals surface area contributed by atoms with Crippen molar-refractivity contribution in [3.63, 3.8) is 0 Å². The Hall–Kier alpha value is -0.960. The maximum Gasteiger partial charge on any atom is 0.0696 e. The highest BCUT2D eigenvalue weighted by molar-refractivity contribution is 7.99. The zero-order chi connectivity index (χ0) is 11.4. The molecule has 0 spiro atoms. The minimum atomic E-state index is -0.0187. The Kier molecular flexibility index (Phi) is 3.88. The molecule has 0 aromatic heterocycles. The second-order valence-electron chi connectivity index (χ2n) is 3.33. The number of hydrogen-bond acceptors (Lipinski definition) is 2. The molecule has 1 N–H and O–H groups in total. The predicted octanol–water partition coefficient (Wildman–Crippen LogP) is 3.98. The number of rotatable bonds is 3. The van der Waals surface area contributed by atoms with Crippen molar-refractivity contribution in [2.75, 3.05) is 0 Å². The lowest BCUT2D eigenvalue weighted by atomic mass is 10.2. The van der Waals surface area contributed by atoms with E-state index in [1.807, 2.05) is 36.4 Å². The van der Waals surface area contributed by atoms with Crippen LogP contribution >= 0.6 is 23.4 Å². The summed E-state index contributed by atoms with van der Waals surface area (Å²) >= 11 is 7.68. The summed E-state index contributed by atoms with van der Waals surface area (Å²) in [7, 11) is 0. The molecule has 16 heavy (non-hydrogen) atoms. The molecule has 0 heterocycles. The third kappa shape index (κ3) is 2.79. The summed E-state index contributed by atoms with van der Waals surface area (Å²) < 4.78 is 0. The van der Waals surface area contributed by atoms with Crippen molar-refractivity contribution in [3.05, 3.63) is 59.1 Å². The van der Waals surface area contributed by atoms with Gasteiger partial charge in [0.05, 0.1) is 6.61 Å². The standard InChI is InChI=1S/C13H11ClOS/c14-13-8-12(7-6-10(13)9-15)16-11-4-2-1-3-5-11/h1-8,15H,9H2. The molecule has 0 bridgehead atoms. The average Bonchev–Trinajstić information content (AvgIpc) is 2.31. The lowest BCUT2D eigenvalue weighted by molar-refractivity contribution is 0.282. The molecular weight excluding hydrogens is 240 g/mol. The van der Waals surface area contributed by atoms with Crippen molar-refractivity contribution >= 4 is 23.4 Å². The van der Waals surface area contributed by atoms with E-state index in [2.05, 4.69) is 12.1 Å². The van der Waals surface area contributed by atoms with Crippen LogP contribution in [-0.4, -0.2) is 5.11 Å². The summed E-state index contributed by atoms with van der Waals surface area (Å²) in [6.07, 6.45) is 0. The maximum absolute atomic E-state index is 9.01. The molecule has 0 saturated carbocycles. The van der Waals surface area contributed by atoms with Crippen molar-refractivity contribution in [2.24, 2.45) is 0 Å². The Bertz CT molecular complexity index is 471. The minimum absolute atomic E-state index is 0.0187. The van der Waals surface area contributed by atoms with Gasteiger partial charge in [0.1, 0.15) is 0 Å². The first-order valence-electron chi connectivity index (χ1n) is 4.92. The molecule has 0 radical (unpaired) electrons. The highest BCUT2D eigenvalue weighted by atomic mass is 35.5. The van der Waals surface area contributed by atoms with E-state index in [0.717, 1.165) is 10.5 Å². The van der Waals surface area contributed by atoms with Crippen LogP contribution in [0.4, 0.5) is 0 Å². The van der Waals surface area contributed by atoms with Crippen molar-refractivity contribution in [1.82, 2.24) is 0 Å². The molecule has 0 unspecified atom stereocenters. The third-order valence-electron chi connectivity index (χ3n) is 2.17. The van der Waals surface area contributed by atoms with Crippen molar-refractivity contribution in [1.29, 1.82) is 0 Å². The van der Waals surface area contributed by atoms with Gasteiger partial charge >= 0.3 is 0 Å². The van der Waals surface area contributed by atoms with Gasteiger partial charge in [-0.25, -0.2) is 0 Å². The van der Waals surface area contributed by atoms with Crippen LogP contribution in [0.1, 0.15) is 5.56 Å². The van der Waals surface area contributed by atoms with E-state index in [9.17, 15) is 0 Å². The zero-order valence-corrected chi connectivity index (χ0v) is 10.1. The highest BCUT2D eigenvalue weighted by Gasteiger charge is 2.02. The quantitative estimate of drug-likeness (QED) is 0.889. The molecular formula is C13H11ClOS. The molecule has 3 heteroatoms. The molecule has 2 aromatic rings. The van der Waals surface area contributed by atoms with Crippen LogP contribution in [0.2, 0.25) is 5.02 Å². The van der Waals surface area contributed by atoms with E-state index < -0.39 is 0 Å². The van der Waals surface area contributed by atoms with E-state index in [-0.39, 0.29) is 6.61 Å². The van der Waals surface area contributed by atoms with Gasteiger partial charge < -0.3 is 5.11 Å². The summed E-state index contributed by atoms with van der Waals surface area (Å²) in [5, 5.41) is 9.62. The Balaban J connectivity index is 2.20. The SMILES string of the molecule is OCc1ccc(Sc2ccccc2)cc1Cl. The van der Waals surface area contributed by atoms with Crippen molar-refractivity contribution < 1.29 is 5.11 Å². The number of benzene rings is 2. The summed E-state index contributed by atoms with van der Waals surface area (Å²) in [5.74, 6) is 0. The van der Waals surface area contributed by atoms with Gasteiger partial charge in [-0.1, -0.05) is 47.6 Å². The molecule has 0 aliphatic rings. The van der Waals surface area contributed by atoms with E-state index in [0.29, 0.717) is 5.02 Å². The van der Waals surface area contributed by atoms with Crippen LogP contribution in [0, 0.1) is 0 Å². The summed E-state index contributed by atoms with van der Waals surface area (Å²) in [4.78, 5) is 2.25. The molecule has 0 aliphatic heterocycles. The Labute approximate surface area is 104 Å².